The lowest BCUT2D eigenvalue weighted by Crippen LogP contribution is -2.53. The van der Waals surface area contributed by atoms with Crippen molar-refractivity contribution in [1.29, 1.82) is 0 Å². The van der Waals surface area contributed by atoms with Gasteiger partial charge < -0.3 is 25.7 Å². The molecule has 0 radical (unpaired) electrons. The Morgan fingerprint density at radius 2 is 1.15 bits per heavy atom. The molecule has 0 aromatic carbocycles. The van der Waals surface area contributed by atoms with E-state index in [4.69, 9.17) is 0 Å². The normalized spacial score (nSPS) is 15.3. The van der Waals surface area contributed by atoms with Gasteiger partial charge in [-0.1, -0.05) is 108 Å². The molecule has 6 nitrogen and oxygen atoms in total. The molecule has 0 spiro atoms. The molecular formula is C33H61NO5. The van der Waals surface area contributed by atoms with Crippen molar-refractivity contribution in [2.75, 3.05) is 6.61 Å². The van der Waals surface area contributed by atoms with E-state index in [1.165, 1.54) is 38.5 Å². The van der Waals surface area contributed by atoms with E-state index in [-0.39, 0.29) is 0 Å². The van der Waals surface area contributed by atoms with Gasteiger partial charge in [0.05, 0.1) is 18.8 Å². The number of aliphatic hydroxyl groups is 4. The molecule has 0 saturated heterocycles. The Balaban J connectivity index is 3.90. The van der Waals surface area contributed by atoms with Crippen LogP contribution in [0.2, 0.25) is 0 Å². The Labute approximate surface area is 239 Å². The Kier molecular flexibility index (Phi) is 27.0. The summed E-state index contributed by atoms with van der Waals surface area (Å²) in [4.78, 5) is 12.3. The molecule has 0 bridgehead atoms. The van der Waals surface area contributed by atoms with Crippen LogP contribution < -0.4 is 5.32 Å². The summed E-state index contributed by atoms with van der Waals surface area (Å²) in [6.07, 6.45) is 28.9. The van der Waals surface area contributed by atoms with Crippen molar-refractivity contribution in [3.63, 3.8) is 0 Å². The third-order valence-corrected chi connectivity index (χ3v) is 7.07. The molecule has 5 N–H and O–H groups in total. The molecule has 0 rings (SSSR count). The first-order valence-corrected chi connectivity index (χ1v) is 15.9. The van der Waals surface area contributed by atoms with Crippen LogP contribution in [0.15, 0.2) is 36.5 Å². The van der Waals surface area contributed by atoms with Gasteiger partial charge in [0, 0.05) is 0 Å². The van der Waals surface area contributed by atoms with E-state index in [1.54, 1.807) is 0 Å². The summed E-state index contributed by atoms with van der Waals surface area (Å²) in [6, 6.07) is -1.00. The first-order chi connectivity index (χ1) is 19.0. The highest BCUT2D eigenvalue weighted by Crippen LogP contribution is 2.13. The Morgan fingerprint density at radius 3 is 1.77 bits per heavy atom. The van der Waals surface area contributed by atoms with E-state index in [0.29, 0.717) is 19.3 Å². The summed E-state index contributed by atoms with van der Waals surface area (Å²) in [5, 5.41) is 43.0. The maximum absolute atomic E-state index is 12.3. The first-order valence-electron chi connectivity index (χ1n) is 15.9. The van der Waals surface area contributed by atoms with Gasteiger partial charge in [0.25, 0.3) is 0 Å². The Morgan fingerprint density at radius 1 is 0.641 bits per heavy atom. The lowest BCUT2D eigenvalue weighted by Gasteiger charge is -2.27. The van der Waals surface area contributed by atoms with Crippen LogP contribution in [0.3, 0.4) is 0 Å². The van der Waals surface area contributed by atoms with Crippen molar-refractivity contribution >= 4 is 5.91 Å². The largest absolute Gasteiger partial charge is 0.394 e. The van der Waals surface area contributed by atoms with Crippen LogP contribution in [0, 0.1) is 0 Å². The molecule has 0 heterocycles. The van der Waals surface area contributed by atoms with E-state index in [1.807, 2.05) is 0 Å². The zero-order valence-corrected chi connectivity index (χ0v) is 25.1. The van der Waals surface area contributed by atoms with Gasteiger partial charge in [-0.15, -0.1) is 0 Å². The maximum Gasteiger partial charge on any atom is 0.249 e. The van der Waals surface area contributed by atoms with Gasteiger partial charge in [0.2, 0.25) is 5.91 Å². The van der Waals surface area contributed by atoms with Crippen LogP contribution in [-0.4, -0.2) is 57.3 Å². The summed E-state index contributed by atoms with van der Waals surface area (Å²) in [7, 11) is 0. The molecule has 0 aliphatic heterocycles. The maximum atomic E-state index is 12.3. The molecule has 1 amide bonds. The molecule has 0 saturated carbocycles. The Bertz CT molecular complexity index is 634. The highest BCUT2D eigenvalue weighted by Gasteiger charge is 2.28. The third-order valence-electron chi connectivity index (χ3n) is 7.07. The number of rotatable bonds is 27. The smallest absolute Gasteiger partial charge is 0.249 e. The predicted molar refractivity (Wildman–Crippen MR) is 164 cm³/mol. The van der Waals surface area contributed by atoms with Crippen LogP contribution in [0.4, 0.5) is 0 Å². The molecular weight excluding hydrogens is 490 g/mol. The molecule has 0 aromatic heterocycles. The van der Waals surface area contributed by atoms with Crippen molar-refractivity contribution in [2.45, 2.75) is 160 Å². The average molecular weight is 552 g/mol. The standard InChI is InChI=1S/C33H61NO5/c1-3-5-7-9-11-12-13-14-15-16-17-18-19-21-23-25-27-31(37)33(39)34-29(28-35)32(38)30(36)26-24-22-20-10-8-6-4-2/h10-12,14-15,20,29-32,35-38H,3-9,13,16-19,21-28H2,1-2H3,(H,34,39)/b12-11-,15-14-,20-10+. The molecule has 0 aromatic rings. The molecule has 0 aliphatic rings. The second-order valence-electron chi connectivity index (χ2n) is 10.8. The molecule has 6 heteroatoms. The number of amides is 1. The van der Waals surface area contributed by atoms with Crippen LogP contribution in [0.5, 0.6) is 0 Å². The van der Waals surface area contributed by atoms with Crippen LogP contribution >= 0.6 is 0 Å². The predicted octanol–water partition coefficient (Wildman–Crippen LogP) is 6.67. The minimum absolute atomic E-state index is 0.349. The average Bonchev–Trinajstić information content (AvgIpc) is 2.94. The molecule has 4 atom stereocenters. The zero-order chi connectivity index (χ0) is 29.0. The number of hydrogen-bond acceptors (Lipinski definition) is 5. The minimum Gasteiger partial charge on any atom is -0.394 e. The fraction of sp³-hybridized carbons (Fsp3) is 0.788. The number of nitrogens with one attached hydrogen (secondary N) is 1. The van der Waals surface area contributed by atoms with E-state index in [9.17, 15) is 25.2 Å². The number of carbonyl (C=O) groups excluding carboxylic acids is 1. The summed E-state index contributed by atoms with van der Waals surface area (Å²) in [5.41, 5.74) is 0. The summed E-state index contributed by atoms with van der Waals surface area (Å²) >= 11 is 0. The van der Waals surface area contributed by atoms with Crippen molar-refractivity contribution in [2.24, 2.45) is 0 Å². The van der Waals surface area contributed by atoms with Crippen molar-refractivity contribution < 1.29 is 25.2 Å². The molecule has 39 heavy (non-hydrogen) atoms. The van der Waals surface area contributed by atoms with Crippen molar-refractivity contribution in [1.82, 2.24) is 5.32 Å². The summed E-state index contributed by atoms with van der Waals surface area (Å²) in [6.45, 7) is 3.88. The van der Waals surface area contributed by atoms with Gasteiger partial charge in [-0.2, -0.15) is 0 Å². The van der Waals surface area contributed by atoms with Gasteiger partial charge in [-0.05, 0) is 64.2 Å². The van der Waals surface area contributed by atoms with Crippen LogP contribution in [0.1, 0.15) is 136 Å². The number of unbranched alkanes of at least 4 members (excludes halogenated alkanes) is 12. The molecule has 228 valence electrons. The van der Waals surface area contributed by atoms with E-state index < -0.39 is 36.9 Å². The zero-order valence-electron chi connectivity index (χ0n) is 25.1. The number of allylic oxidation sites excluding steroid dienone is 6. The first kappa shape index (κ1) is 37.5. The summed E-state index contributed by atoms with van der Waals surface area (Å²) in [5.74, 6) is -0.609. The van der Waals surface area contributed by atoms with Crippen LogP contribution in [0.25, 0.3) is 0 Å². The molecule has 0 fully saturated rings. The van der Waals surface area contributed by atoms with Gasteiger partial charge in [0.1, 0.15) is 12.2 Å². The van der Waals surface area contributed by atoms with E-state index in [0.717, 1.165) is 64.2 Å². The second kappa shape index (κ2) is 28.1. The van der Waals surface area contributed by atoms with Crippen molar-refractivity contribution in [3.8, 4) is 0 Å². The molecule has 0 aliphatic carbocycles. The van der Waals surface area contributed by atoms with Crippen LogP contribution in [-0.2, 0) is 4.79 Å². The number of carbonyl (C=O) groups is 1. The van der Waals surface area contributed by atoms with Gasteiger partial charge in [-0.3, -0.25) is 4.79 Å². The minimum atomic E-state index is -1.28. The van der Waals surface area contributed by atoms with Gasteiger partial charge in [-0.25, -0.2) is 0 Å². The highest BCUT2D eigenvalue weighted by molar-refractivity contribution is 5.80. The third kappa shape index (κ3) is 23.0. The SMILES string of the molecule is CCCC/C=C/CCCC(O)C(O)C(CO)NC(=O)C(O)CCCCCCCC/C=C\C/C=C\CCCCC. The Hall–Kier alpha value is -1.47. The summed E-state index contributed by atoms with van der Waals surface area (Å²) < 4.78 is 0. The topological polar surface area (TPSA) is 110 Å². The fourth-order valence-corrected chi connectivity index (χ4v) is 4.42. The van der Waals surface area contributed by atoms with Crippen molar-refractivity contribution in [3.05, 3.63) is 36.5 Å². The monoisotopic (exact) mass is 551 g/mol. The van der Waals surface area contributed by atoms with Gasteiger partial charge in [0.15, 0.2) is 0 Å². The fourth-order valence-electron chi connectivity index (χ4n) is 4.42. The number of aliphatic hydroxyl groups excluding tert-OH is 4. The van der Waals surface area contributed by atoms with E-state index >= 15 is 0 Å². The lowest BCUT2D eigenvalue weighted by molar-refractivity contribution is -0.132. The quantitative estimate of drug-likeness (QED) is 0.0579. The highest BCUT2D eigenvalue weighted by atomic mass is 16.3. The number of hydrogen-bond donors (Lipinski definition) is 5. The second-order valence-corrected chi connectivity index (χ2v) is 10.8. The van der Waals surface area contributed by atoms with E-state index in [2.05, 4.69) is 55.6 Å². The van der Waals surface area contributed by atoms with Gasteiger partial charge >= 0.3 is 0 Å². The molecule has 4 unspecified atom stereocenters. The lowest BCUT2D eigenvalue weighted by atomic mass is 10.00.